The van der Waals surface area contributed by atoms with Gasteiger partial charge in [0.1, 0.15) is 5.82 Å². The van der Waals surface area contributed by atoms with Crippen molar-refractivity contribution >= 4 is 17.4 Å². The van der Waals surface area contributed by atoms with Crippen LogP contribution in [0.4, 0.5) is 15.9 Å². The Balaban J connectivity index is 1.71. The van der Waals surface area contributed by atoms with Crippen LogP contribution in [0.1, 0.15) is 29.6 Å². The molecular formula is C20H23FN6O3. The van der Waals surface area contributed by atoms with Gasteiger partial charge in [0.25, 0.3) is 0 Å². The van der Waals surface area contributed by atoms with Gasteiger partial charge < -0.3 is 15.4 Å². The number of aryl methyl sites for hydroxylation is 2. The summed E-state index contributed by atoms with van der Waals surface area (Å²) in [6, 6.07) is 7.55. The van der Waals surface area contributed by atoms with Crippen molar-refractivity contribution in [2.24, 2.45) is 5.92 Å². The van der Waals surface area contributed by atoms with E-state index in [1.165, 1.54) is 22.9 Å². The van der Waals surface area contributed by atoms with Crippen LogP contribution >= 0.6 is 0 Å². The molecule has 9 nitrogen and oxygen atoms in total. The molecule has 0 bridgehead atoms. The van der Waals surface area contributed by atoms with E-state index in [0.29, 0.717) is 23.6 Å². The van der Waals surface area contributed by atoms with Gasteiger partial charge in [0.15, 0.2) is 0 Å². The van der Waals surface area contributed by atoms with Crippen molar-refractivity contribution in [1.82, 2.24) is 19.6 Å². The van der Waals surface area contributed by atoms with Crippen LogP contribution < -0.4 is 5.32 Å². The van der Waals surface area contributed by atoms with Gasteiger partial charge in [-0.2, -0.15) is 9.78 Å². The number of carbonyl (C=O) groups is 1. The third-order valence-corrected chi connectivity index (χ3v) is 4.93. The van der Waals surface area contributed by atoms with E-state index in [1.807, 2.05) is 6.92 Å². The summed E-state index contributed by atoms with van der Waals surface area (Å²) >= 11 is 0. The normalized spacial score (nSPS) is 12.0. The molecule has 0 spiro atoms. The number of anilines is 1. The summed E-state index contributed by atoms with van der Waals surface area (Å²) in [4.78, 5) is 23.0. The standard InChI is InChI=1S/C20H23FN6O3/c1-12(10-25-13(2)9-18(24-25)27(29)30)20(28)22-19-14(3)23-26(15(19)4)11-16-5-7-17(21)8-6-16/h5-9,12H,10-11H2,1-4H3,(H,22,28). The van der Waals surface area contributed by atoms with Gasteiger partial charge >= 0.3 is 5.82 Å². The van der Waals surface area contributed by atoms with Gasteiger partial charge in [0.05, 0.1) is 52.9 Å². The Bertz CT molecular complexity index is 1090. The van der Waals surface area contributed by atoms with Crippen LogP contribution in [0.2, 0.25) is 0 Å². The highest BCUT2D eigenvalue weighted by atomic mass is 19.1. The van der Waals surface area contributed by atoms with Crippen LogP contribution in [-0.4, -0.2) is 30.4 Å². The first kappa shape index (κ1) is 21.2. The molecule has 0 aliphatic rings. The third kappa shape index (κ3) is 4.53. The molecule has 158 valence electrons. The first-order valence-electron chi connectivity index (χ1n) is 9.44. The predicted molar refractivity (Wildman–Crippen MR) is 109 cm³/mol. The molecule has 0 fully saturated rings. The minimum absolute atomic E-state index is 0.216. The highest BCUT2D eigenvalue weighted by Crippen LogP contribution is 2.22. The van der Waals surface area contributed by atoms with Gasteiger partial charge in [-0.3, -0.25) is 9.48 Å². The number of rotatable bonds is 7. The zero-order valence-electron chi connectivity index (χ0n) is 17.2. The van der Waals surface area contributed by atoms with Crippen molar-refractivity contribution in [3.8, 4) is 0 Å². The smallest absolute Gasteiger partial charge is 0.358 e. The lowest BCUT2D eigenvalue weighted by Gasteiger charge is -2.12. The van der Waals surface area contributed by atoms with Crippen molar-refractivity contribution in [2.45, 2.75) is 40.8 Å². The van der Waals surface area contributed by atoms with E-state index in [9.17, 15) is 19.3 Å². The van der Waals surface area contributed by atoms with Crippen molar-refractivity contribution in [2.75, 3.05) is 5.32 Å². The number of amides is 1. The summed E-state index contributed by atoms with van der Waals surface area (Å²) < 4.78 is 16.3. The molecule has 1 N–H and O–H groups in total. The van der Waals surface area contributed by atoms with Crippen molar-refractivity contribution < 1.29 is 14.1 Å². The number of nitrogens with one attached hydrogen (secondary N) is 1. The first-order chi connectivity index (χ1) is 14.2. The molecule has 0 aliphatic heterocycles. The molecule has 0 radical (unpaired) electrons. The summed E-state index contributed by atoms with van der Waals surface area (Å²) in [7, 11) is 0. The largest absolute Gasteiger partial charge is 0.390 e. The van der Waals surface area contributed by atoms with Crippen LogP contribution in [0.15, 0.2) is 30.3 Å². The lowest BCUT2D eigenvalue weighted by molar-refractivity contribution is -0.389. The van der Waals surface area contributed by atoms with E-state index in [-0.39, 0.29) is 24.1 Å². The van der Waals surface area contributed by atoms with Gasteiger partial charge in [0.2, 0.25) is 5.91 Å². The maximum Gasteiger partial charge on any atom is 0.390 e. The average Bonchev–Trinajstić information content (AvgIpc) is 3.18. The highest BCUT2D eigenvalue weighted by molar-refractivity contribution is 5.93. The number of benzene rings is 1. The van der Waals surface area contributed by atoms with Gasteiger partial charge in [-0.15, -0.1) is 0 Å². The van der Waals surface area contributed by atoms with E-state index in [4.69, 9.17) is 0 Å². The predicted octanol–water partition coefficient (Wildman–Crippen LogP) is 3.38. The van der Waals surface area contributed by atoms with Crippen molar-refractivity contribution in [1.29, 1.82) is 0 Å². The van der Waals surface area contributed by atoms with Crippen LogP contribution in [0.25, 0.3) is 0 Å². The molecule has 3 aromatic rings. The van der Waals surface area contributed by atoms with Crippen LogP contribution in [0.3, 0.4) is 0 Å². The van der Waals surface area contributed by atoms with E-state index >= 15 is 0 Å². The minimum Gasteiger partial charge on any atom is -0.358 e. The van der Waals surface area contributed by atoms with Crippen LogP contribution in [0, 0.1) is 42.6 Å². The molecule has 3 rings (SSSR count). The number of carbonyl (C=O) groups excluding carboxylic acids is 1. The fraction of sp³-hybridized carbons (Fsp3) is 0.350. The van der Waals surface area contributed by atoms with Crippen molar-refractivity contribution in [3.05, 3.63) is 68.9 Å². The van der Waals surface area contributed by atoms with E-state index in [2.05, 4.69) is 15.5 Å². The Labute approximate surface area is 172 Å². The quantitative estimate of drug-likeness (QED) is 0.471. The fourth-order valence-electron chi connectivity index (χ4n) is 3.15. The Kier molecular flexibility index (Phi) is 5.95. The van der Waals surface area contributed by atoms with Gasteiger partial charge in [-0.25, -0.2) is 4.39 Å². The lowest BCUT2D eigenvalue weighted by Crippen LogP contribution is -2.25. The third-order valence-electron chi connectivity index (χ3n) is 4.93. The SMILES string of the molecule is Cc1nn(Cc2ccc(F)cc2)c(C)c1NC(=O)C(C)Cn1nc([N+](=O)[O-])cc1C. The Hall–Kier alpha value is -3.56. The van der Waals surface area contributed by atoms with Gasteiger partial charge in [0, 0.05) is 0 Å². The summed E-state index contributed by atoms with van der Waals surface area (Å²) in [6.07, 6.45) is 0. The summed E-state index contributed by atoms with van der Waals surface area (Å²) in [5, 5.41) is 22.2. The van der Waals surface area contributed by atoms with Crippen molar-refractivity contribution in [3.63, 3.8) is 0 Å². The zero-order chi connectivity index (χ0) is 22.0. The molecule has 2 aromatic heterocycles. The maximum atomic E-state index is 13.1. The van der Waals surface area contributed by atoms with Gasteiger partial charge in [-0.1, -0.05) is 19.1 Å². The molecule has 0 saturated carbocycles. The number of hydrogen-bond acceptors (Lipinski definition) is 5. The molecule has 1 amide bonds. The topological polar surface area (TPSA) is 108 Å². The fourth-order valence-corrected chi connectivity index (χ4v) is 3.15. The average molecular weight is 414 g/mol. The molecule has 0 saturated heterocycles. The second-order valence-electron chi connectivity index (χ2n) is 7.30. The molecule has 1 aromatic carbocycles. The Morgan fingerprint density at radius 2 is 1.87 bits per heavy atom. The molecule has 0 aliphatic carbocycles. The number of nitrogens with zero attached hydrogens (tertiary/aromatic N) is 5. The second kappa shape index (κ2) is 8.44. The Morgan fingerprint density at radius 1 is 1.20 bits per heavy atom. The molecule has 1 unspecified atom stereocenters. The van der Waals surface area contributed by atoms with E-state index in [0.717, 1.165) is 11.3 Å². The van der Waals surface area contributed by atoms with Crippen LogP contribution in [-0.2, 0) is 17.9 Å². The summed E-state index contributed by atoms with van der Waals surface area (Å²) in [6.45, 7) is 7.76. The molecule has 1 atom stereocenters. The molecule has 30 heavy (non-hydrogen) atoms. The molecular weight excluding hydrogens is 391 g/mol. The number of nitro groups is 1. The monoisotopic (exact) mass is 414 g/mol. The molecule has 2 heterocycles. The molecule has 10 heteroatoms. The first-order valence-corrected chi connectivity index (χ1v) is 9.44. The highest BCUT2D eigenvalue weighted by Gasteiger charge is 2.22. The van der Waals surface area contributed by atoms with Crippen LogP contribution in [0.5, 0.6) is 0 Å². The van der Waals surface area contributed by atoms with Gasteiger partial charge in [-0.05, 0) is 43.4 Å². The Morgan fingerprint density at radius 3 is 2.47 bits per heavy atom. The lowest BCUT2D eigenvalue weighted by atomic mass is 10.1. The van der Waals surface area contributed by atoms with E-state index in [1.54, 1.807) is 37.6 Å². The summed E-state index contributed by atoms with van der Waals surface area (Å²) in [5.41, 5.74) is 3.58. The number of hydrogen-bond donors (Lipinski definition) is 1. The van der Waals surface area contributed by atoms with E-state index < -0.39 is 10.8 Å². The summed E-state index contributed by atoms with van der Waals surface area (Å²) in [5.74, 6) is -1.25. The minimum atomic E-state index is -0.559. The number of aromatic nitrogens is 4. The maximum absolute atomic E-state index is 13.1. The second-order valence-corrected chi connectivity index (χ2v) is 7.30. The zero-order valence-corrected chi connectivity index (χ0v) is 17.2. The number of halogens is 1.